The molecule has 1 aromatic carbocycles. The Morgan fingerprint density at radius 2 is 2.11 bits per heavy atom. The molecule has 0 aliphatic carbocycles. The van der Waals surface area contributed by atoms with Crippen molar-refractivity contribution in [2.75, 3.05) is 5.73 Å². The molecule has 0 radical (unpaired) electrons. The number of rotatable bonds is 3. The van der Waals surface area contributed by atoms with Crippen LogP contribution >= 0.6 is 0 Å². The van der Waals surface area contributed by atoms with Crippen molar-refractivity contribution in [2.24, 2.45) is 0 Å². The van der Waals surface area contributed by atoms with Crippen molar-refractivity contribution in [3.8, 4) is 6.07 Å². The molecule has 0 saturated carbocycles. The molecule has 98 valence electrons. The van der Waals surface area contributed by atoms with Crippen molar-refractivity contribution in [1.82, 2.24) is 0 Å². The van der Waals surface area contributed by atoms with E-state index in [2.05, 4.69) is 0 Å². The molecule has 1 unspecified atom stereocenters. The van der Waals surface area contributed by atoms with E-state index < -0.39 is 17.0 Å². The van der Waals surface area contributed by atoms with Gasteiger partial charge in [-0.1, -0.05) is 0 Å². The molecule has 1 aromatic heterocycles. The molecule has 5 heteroatoms. The summed E-state index contributed by atoms with van der Waals surface area (Å²) in [6.45, 7) is 1.50. The zero-order valence-electron chi connectivity index (χ0n) is 10.3. The van der Waals surface area contributed by atoms with Gasteiger partial charge in [0.15, 0.2) is 11.6 Å². The fourth-order valence-electron chi connectivity index (χ4n) is 2.07. The maximum atomic E-state index is 13.9. The van der Waals surface area contributed by atoms with Crippen LogP contribution in [0.15, 0.2) is 34.9 Å². The average Bonchev–Trinajstić information content (AvgIpc) is 2.87. The third-order valence-corrected chi connectivity index (χ3v) is 3.03. The van der Waals surface area contributed by atoms with E-state index in [9.17, 15) is 14.0 Å². The van der Waals surface area contributed by atoms with E-state index in [1.54, 1.807) is 12.1 Å². The first kappa shape index (κ1) is 13.1. The quantitative estimate of drug-likeness (QED) is 0.864. The second-order valence-corrected chi connectivity index (χ2v) is 4.53. The van der Waals surface area contributed by atoms with Gasteiger partial charge >= 0.3 is 0 Å². The molecular formula is C14H12F2N2O. The van der Waals surface area contributed by atoms with Crippen LogP contribution < -0.4 is 5.73 Å². The lowest BCUT2D eigenvalue weighted by Gasteiger charge is -2.23. The van der Waals surface area contributed by atoms with Crippen LogP contribution in [0.1, 0.15) is 18.2 Å². The van der Waals surface area contributed by atoms with Crippen molar-refractivity contribution < 1.29 is 13.2 Å². The summed E-state index contributed by atoms with van der Waals surface area (Å²) in [5, 5.41) is 9.34. The predicted molar refractivity (Wildman–Crippen MR) is 66.1 cm³/mol. The number of hydrogen-bond acceptors (Lipinski definition) is 3. The fourth-order valence-corrected chi connectivity index (χ4v) is 2.07. The van der Waals surface area contributed by atoms with E-state index in [0.29, 0.717) is 5.76 Å². The Bertz CT molecular complexity index is 632. The minimum atomic E-state index is -1.30. The van der Waals surface area contributed by atoms with E-state index in [1.165, 1.54) is 19.3 Å². The topological polar surface area (TPSA) is 63.0 Å². The molecule has 0 aliphatic heterocycles. The van der Waals surface area contributed by atoms with Gasteiger partial charge in [-0.3, -0.25) is 0 Å². The van der Waals surface area contributed by atoms with E-state index >= 15 is 0 Å². The summed E-state index contributed by atoms with van der Waals surface area (Å²) in [7, 11) is 0. The van der Waals surface area contributed by atoms with Gasteiger partial charge in [0.2, 0.25) is 0 Å². The second-order valence-electron chi connectivity index (χ2n) is 4.53. The summed E-state index contributed by atoms with van der Waals surface area (Å²) in [6, 6.07) is 7.53. The molecule has 0 spiro atoms. The number of benzene rings is 1. The first-order valence-electron chi connectivity index (χ1n) is 5.65. The first-order chi connectivity index (χ1) is 8.98. The highest BCUT2D eigenvalue weighted by Gasteiger charge is 2.34. The number of nitrogens with zero attached hydrogens (tertiary/aromatic N) is 1. The summed E-state index contributed by atoms with van der Waals surface area (Å²) in [5.41, 5.74) is 4.31. The number of hydrogen-bond donors (Lipinski definition) is 1. The summed E-state index contributed by atoms with van der Waals surface area (Å²) in [6.07, 6.45) is 1.57. The third-order valence-electron chi connectivity index (χ3n) is 3.03. The molecule has 1 heterocycles. The van der Waals surface area contributed by atoms with Gasteiger partial charge in [0.1, 0.15) is 5.76 Å². The Morgan fingerprint density at radius 1 is 1.37 bits per heavy atom. The van der Waals surface area contributed by atoms with Crippen LogP contribution in [-0.2, 0) is 11.8 Å². The predicted octanol–water partition coefficient (Wildman–Crippen LogP) is 3.16. The number of nitrogens with two attached hydrogens (primary N) is 1. The molecule has 0 bridgehead atoms. The molecule has 0 aliphatic rings. The summed E-state index contributed by atoms with van der Waals surface area (Å²) >= 11 is 0. The second kappa shape index (κ2) is 4.73. The van der Waals surface area contributed by atoms with Gasteiger partial charge < -0.3 is 10.2 Å². The molecule has 2 rings (SSSR count). The van der Waals surface area contributed by atoms with Crippen molar-refractivity contribution in [3.05, 3.63) is 53.5 Å². The third kappa shape index (κ3) is 2.29. The Kier molecular flexibility index (Phi) is 3.26. The molecule has 2 N–H and O–H groups in total. The van der Waals surface area contributed by atoms with E-state index in [0.717, 1.165) is 6.07 Å². The van der Waals surface area contributed by atoms with Gasteiger partial charge in [0.25, 0.3) is 0 Å². The first-order valence-corrected chi connectivity index (χ1v) is 5.65. The Hall–Kier alpha value is -2.35. The summed E-state index contributed by atoms with van der Waals surface area (Å²) in [5.74, 6) is -1.60. The van der Waals surface area contributed by atoms with Gasteiger partial charge in [0, 0.05) is 17.7 Å². The van der Waals surface area contributed by atoms with Crippen LogP contribution in [-0.4, -0.2) is 0 Å². The standard InChI is InChI=1S/C14H12F2N2O/c1-14(8-17,7-9-3-2-6-19-9)12-11(18)5-4-10(15)13(12)16/h2-6H,7,18H2,1H3. The van der Waals surface area contributed by atoms with Crippen molar-refractivity contribution in [2.45, 2.75) is 18.8 Å². The molecule has 0 fully saturated rings. The molecular weight excluding hydrogens is 250 g/mol. The van der Waals surface area contributed by atoms with E-state index in [4.69, 9.17) is 10.2 Å². The van der Waals surface area contributed by atoms with Crippen LogP contribution in [0.25, 0.3) is 0 Å². The van der Waals surface area contributed by atoms with Crippen LogP contribution in [0.3, 0.4) is 0 Å². The van der Waals surface area contributed by atoms with Crippen LogP contribution in [0.2, 0.25) is 0 Å². The minimum Gasteiger partial charge on any atom is -0.469 e. The highest BCUT2D eigenvalue weighted by molar-refractivity contribution is 5.54. The van der Waals surface area contributed by atoms with Gasteiger partial charge in [0.05, 0.1) is 17.7 Å². The molecule has 3 nitrogen and oxygen atoms in total. The van der Waals surface area contributed by atoms with Gasteiger partial charge in [-0.25, -0.2) is 8.78 Å². The van der Waals surface area contributed by atoms with Crippen LogP contribution in [0.4, 0.5) is 14.5 Å². The van der Waals surface area contributed by atoms with E-state index in [1.807, 2.05) is 6.07 Å². The minimum absolute atomic E-state index is 0.0505. The SMILES string of the molecule is CC(C#N)(Cc1ccco1)c1c(N)ccc(F)c1F. The number of furan rings is 1. The lowest BCUT2D eigenvalue weighted by Crippen LogP contribution is -2.26. The van der Waals surface area contributed by atoms with Crippen molar-refractivity contribution >= 4 is 5.69 Å². The summed E-state index contributed by atoms with van der Waals surface area (Å²) in [4.78, 5) is 0. The van der Waals surface area contributed by atoms with Crippen LogP contribution in [0.5, 0.6) is 0 Å². The van der Waals surface area contributed by atoms with Crippen LogP contribution in [0, 0.1) is 23.0 Å². The normalized spacial score (nSPS) is 13.8. The molecule has 1 atom stereocenters. The Balaban J connectivity index is 2.53. The van der Waals surface area contributed by atoms with Crippen molar-refractivity contribution in [1.29, 1.82) is 5.26 Å². The molecule has 19 heavy (non-hydrogen) atoms. The maximum Gasteiger partial charge on any atom is 0.165 e. The highest BCUT2D eigenvalue weighted by Crippen LogP contribution is 2.34. The average molecular weight is 262 g/mol. The smallest absolute Gasteiger partial charge is 0.165 e. The molecule has 0 saturated heterocycles. The number of halogens is 2. The number of nitrogen functional groups attached to an aromatic ring is 1. The number of anilines is 1. The van der Waals surface area contributed by atoms with Crippen molar-refractivity contribution in [3.63, 3.8) is 0 Å². The zero-order valence-corrected chi connectivity index (χ0v) is 10.3. The molecule has 2 aromatic rings. The lowest BCUT2D eigenvalue weighted by molar-refractivity contribution is 0.437. The van der Waals surface area contributed by atoms with Gasteiger partial charge in [-0.2, -0.15) is 5.26 Å². The Morgan fingerprint density at radius 3 is 2.68 bits per heavy atom. The largest absolute Gasteiger partial charge is 0.469 e. The lowest BCUT2D eigenvalue weighted by atomic mass is 9.79. The molecule has 0 amide bonds. The summed E-state index contributed by atoms with van der Waals surface area (Å²) < 4.78 is 32.4. The van der Waals surface area contributed by atoms with Gasteiger partial charge in [-0.15, -0.1) is 0 Å². The van der Waals surface area contributed by atoms with Gasteiger partial charge in [-0.05, 0) is 31.2 Å². The number of nitriles is 1. The van der Waals surface area contributed by atoms with E-state index in [-0.39, 0.29) is 17.7 Å². The Labute approximate surface area is 109 Å². The fraction of sp³-hybridized carbons (Fsp3) is 0.214. The highest BCUT2D eigenvalue weighted by atomic mass is 19.2. The monoisotopic (exact) mass is 262 g/mol. The zero-order chi connectivity index (χ0) is 14.0. The maximum absolute atomic E-state index is 13.9.